The summed E-state index contributed by atoms with van der Waals surface area (Å²) in [5, 5.41) is 5.02. The van der Waals surface area contributed by atoms with Crippen LogP contribution in [-0.4, -0.2) is 0 Å². The minimum atomic E-state index is -0.521. The molecule has 0 radical (unpaired) electrons. The van der Waals surface area contributed by atoms with E-state index >= 15 is 0 Å². The number of nitrogens with zero attached hydrogens (tertiary/aromatic N) is 1. The van der Waals surface area contributed by atoms with Gasteiger partial charge in [0.25, 0.3) is 0 Å². The highest BCUT2D eigenvalue weighted by molar-refractivity contribution is 5.99. The average Bonchev–Trinajstić information content (AvgIpc) is 3.75. The van der Waals surface area contributed by atoms with Gasteiger partial charge in [-0.15, -0.1) is 0 Å². The van der Waals surface area contributed by atoms with E-state index < -0.39 is 5.41 Å². The summed E-state index contributed by atoms with van der Waals surface area (Å²) in [6.45, 7) is 0. The predicted molar refractivity (Wildman–Crippen MR) is 295 cm³/mol. The fraction of sp³-hybridized carbons (Fsp3) is 0.0145. The Bertz CT molecular complexity index is 3810. The van der Waals surface area contributed by atoms with Crippen LogP contribution in [0.3, 0.4) is 0 Å². The van der Waals surface area contributed by atoms with E-state index in [4.69, 9.17) is 0 Å². The molecule has 0 fully saturated rings. The predicted octanol–water partition coefficient (Wildman–Crippen LogP) is 18.5. The van der Waals surface area contributed by atoms with Gasteiger partial charge in [-0.25, -0.2) is 0 Å². The van der Waals surface area contributed by atoms with Gasteiger partial charge in [0.15, 0.2) is 0 Å². The first-order valence-electron chi connectivity index (χ1n) is 24.2. The minimum Gasteiger partial charge on any atom is -0.310 e. The Hall–Kier alpha value is -9.04. The van der Waals surface area contributed by atoms with Crippen LogP contribution in [0.5, 0.6) is 0 Å². The molecule has 0 saturated heterocycles. The first-order chi connectivity index (χ1) is 34.7. The van der Waals surface area contributed by atoms with Gasteiger partial charge in [-0.05, 0) is 130 Å². The third kappa shape index (κ3) is 6.94. The van der Waals surface area contributed by atoms with Gasteiger partial charge in [-0.3, -0.25) is 0 Å². The van der Waals surface area contributed by atoms with Gasteiger partial charge in [0.1, 0.15) is 0 Å². The fourth-order valence-electron chi connectivity index (χ4n) is 11.3. The molecule has 0 spiro atoms. The molecule has 0 atom stereocenters. The van der Waals surface area contributed by atoms with Crippen molar-refractivity contribution in [1.29, 1.82) is 0 Å². The largest absolute Gasteiger partial charge is 0.310 e. The summed E-state index contributed by atoms with van der Waals surface area (Å²) in [6.07, 6.45) is 0. The average molecular weight is 890 g/mol. The van der Waals surface area contributed by atoms with Crippen LogP contribution >= 0.6 is 0 Å². The maximum atomic E-state index is 2.47. The number of rotatable bonds is 9. The van der Waals surface area contributed by atoms with E-state index in [1.807, 2.05) is 0 Å². The van der Waals surface area contributed by atoms with E-state index in [2.05, 4.69) is 290 Å². The first kappa shape index (κ1) is 41.2. The molecule has 1 heteroatoms. The zero-order valence-electron chi connectivity index (χ0n) is 38.6. The maximum Gasteiger partial charge on any atom is 0.0714 e. The van der Waals surface area contributed by atoms with Crippen molar-refractivity contribution in [2.24, 2.45) is 0 Å². The number of anilines is 3. The summed E-state index contributed by atoms with van der Waals surface area (Å²) >= 11 is 0. The SMILES string of the molecule is c1ccc(C2(c3ccccc3)c3ccccc3-c3c(N(c4ccc(-c5ccc(-c6cccc7ccccc67)cc5)cc4)c4cccc(-c5ccc(-c6ccc7ccccc7c6)cc5)c4)cccc32)cc1. The number of benzene rings is 12. The van der Waals surface area contributed by atoms with E-state index in [-0.39, 0.29) is 0 Å². The molecule has 13 rings (SSSR count). The lowest BCUT2D eigenvalue weighted by Gasteiger charge is -2.34. The molecule has 70 heavy (non-hydrogen) atoms. The summed E-state index contributed by atoms with van der Waals surface area (Å²) in [4.78, 5) is 2.47. The zero-order chi connectivity index (χ0) is 46.4. The van der Waals surface area contributed by atoms with Crippen LogP contribution in [0.25, 0.3) is 77.2 Å². The third-order valence-electron chi connectivity index (χ3n) is 14.6. The van der Waals surface area contributed by atoms with Gasteiger partial charge in [0.05, 0.1) is 11.1 Å². The quantitative estimate of drug-likeness (QED) is 0.140. The van der Waals surface area contributed by atoms with Crippen molar-refractivity contribution < 1.29 is 0 Å². The molecule has 1 aliphatic rings. The van der Waals surface area contributed by atoms with Gasteiger partial charge in [-0.2, -0.15) is 0 Å². The third-order valence-corrected chi connectivity index (χ3v) is 14.6. The van der Waals surface area contributed by atoms with Gasteiger partial charge in [0.2, 0.25) is 0 Å². The Labute approximate surface area is 409 Å². The second-order valence-corrected chi connectivity index (χ2v) is 18.4. The standard InChI is InChI=1S/C69H47N/c1-3-21-58(22-4-1)69(59-23-5-2-6-24-59)65-29-12-11-27-64(65)68-66(69)30-15-31-67(68)70(60-44-42-50(43-45-60)49-36-39-54(40-37-49)63-28-14-19-53-17-9-10-26-62(53)63)61-25-13-20-56(47-61)51-32-34-52(35-33-51)57-41-38-48-16-7-8-18-55(48)46-57/h1-47H. The van der Waals surface area contributed by atoms with Crippen LogP contribution in [0.15, 0.2) is 285 Å². The Balaban J connectivity index is 0.947. The van der Waals surface area contributed by atoms with E-state index in [9.17, 15) is 0 Å². The number of fused-ring (bicyclic) bond motifs is 5. The molecule has 0 heterocycles. The van der Waals surface area contributed by atoms with Crippen molar-refractivity contribution in [3.05, 3.63) is 307 Å². The molecule has 1 aliphatic carbocycles. The summed E-state index contributed by atoms with van der Waals surface area (Å²) in [5.74, 6) is 0. The highest BCUT2D eigenvalue weighted by Crippen LogP contribution is 2.59. The normalized spacial score (nSPS) is 12.4. The molecule has 0 aliphatic heterocycles. The van der Waals surface area contributed by atoms with Crippen molar-refractivity contribution >= 4 is 38.6 Å². The molecule has 0 unspecified atom stereocenters. The van der Waals surface area contributed by atoms with Gasteiger partial charge in [-0.1, -0.05) is 249 Å². The molecule has 0 N–H and O–H groups in total. The molecule has 0 saturated carbocycles. The summed E-state index contributed by atoms with van der Waals surface area (Å²) in [7, 11) is 0. The van der Waals surface area contributed by atoms with Crippen LogP contribution in [0.1, 0.15) is 22.3 Å². The molecular weight excluding hydrogens is 843 g/mol. The minimum absolute atomic E-state index is 0.521. The van der Waals surface area contributed by atoms with Crippen LogP contribution < -0.4 is 4.90 Å². The van der Waals surface area contributed by atoms with Crippen LogP contribution in [0, 0.1) is 0 Å². The van der Waals surface area contributed by atoms with Gasteiger partial charge in [0, 0.05) is 16.9 Å². The Morgan fingerprint density at radius 1 is 0.257 bits per heavy atom. The van der Waals surface area contributed by atoms with Crippen molar-refractivity contribution in [3.63, 3.8) is 0 Å². The van der Waals surface area contributed by atoms with Crippen molar-refractivity contribution in [2.45, 2.75) is 5.41 Å². The van der Waals surface area contributed by atoms with Crippen LogP contribution in [0.4, 0.5) is 17.1 Å². The van der Waals surface area contributed by atoms with Gasteiger partial charge < -0.3 is 4.90 Å². The second kappa shape index (κ2) is 17.2. The Kier molecular flexibility index (Phi) is 10.1. The van der Waals surface area contributed by atoms with Crippen molar-refractivity contribution in [1.82, 2.24) is 0 Å². The molecule has 0 aromatic heterocycles. The number of hydrogen-bond acceptors (Lipinski definition) is 1. The van der Waals surface area contributed by atoms with Crippen LogP contribution in [-0.2, 0) is 5.41 Å². The smallest absolute Gasteiger partial charge is 0.0714 e. The topological polar surface area (TPSA) is 3.24 Å². The molecule has 1 nitrogen and oxygen atoms in total. The van der Waals surface area contributed by atoms with E-state index in [0.717, 1.165) is 22.6 Å². The van der Waals surface area contributed by atoms with Crippen molar-refractivity contribution in [2.75, 3.05) is 4.90 Å². The Morgan fingerprint density at radius 2 is 0.743 bits per heavy atom. The number of hydrogen-bond donors (Lipinski definition) is 0. The van der Waals surface area contributed by atoms with E-state index in [0.29, 0.717) is 0 Å². The fourth-order valence-corrected chi connectivity index (χ4v) is 11.3. The summed E-state index contributed by atoms with van der Waals surface area (Å²) in [5.41, 5.74) is 19.9. The van der Waals surface area contributed by atoms with Crippen LogP contribution in [0.2, 0.25) is 0 Å². The van der Waals surface area contributed by atoms with E-state index in [1.54, 1.807) is 0 Å². The van der Waals surface area contributed by atoms with Crippen molar-refractivity contribution in [3.8, 4) is 55.6 Å². The molecule has 328 valence electrons. The molecular formula is C69H47N. The van der Waals surface area contributed by atoms with E-state index in [1.165, 1.54) is 93.9 Å². The monoisotopic (exact) mass is 889 g/mol. The molecule has 0 amide bonds. The highest BCUT2D eigenvalue weighted by atomic mass is 15.1. The second-order valence-electron chi connectivity index (χ2n) is 18.4. The molecule has 12 aromatic carbocycles. The van der Waals surface area contributed by atoms with Gasteiger partial charge >= 0.3 is 0 Å². The lowest BCUT2D eigenvalue weighted by atomic mass is 9.68. The summed E-state index contributed by atoms with van der Waals surface area (Å²) < 4.78 is 0. The lowest BCUT2D eigenvalue weighted by molar-refractivity contribution is 0.768. The lowest BCUT2D eigenvalue weighted by Crippen LogP contribution is -2.28. The summed E-state index contributed by atoms with van der Waals surface area (Å²) in [6, 6.07) is 105. The first-order valence-corrected chi connectivity index (χ1v) is 24.2. The highest BCUT2D eigenvalue weighted by Gasteiger charge is 2.47. The Morgan fingerprint density at radius 3 is 1.46 bits per heavy atom. The maximum absolute atomic E-state index is 2.47. The zero-order valence-corrected chi connectivity index (χ0v) is 38.6. The molecule has 0 bridgehead atoms. The molecule has 12 aromatic rings.